The third-order valence-corrected chi connectivity index (χ3v) is 5.25. The maximum atomic E-state index is 11.4. The summed E-state index contributed by atoms with van der Waals surface area (Å²) in [5.41, 5.74) is 1.75. The average Bonchev–Trinajstić information content (AvgIpc) is 2.74. The number of benzene rings is 1. The first-order chi connectivity index (χ1) is 13.6. The molecule has 1 aromatic heterocycles. The largest absolute Gasteiger partial charge is 0.378 e. The molecule has 2 fully saturated rings. The van der Waals surface area contributed by atoms with E-state index in [0.29, 0.717) is 32.0 Å². The van der Waals surface area contributed by atoms with Crippen molar-refractivity contribution in [3.8, 4) is 0 Å². The van der Waals surface area contributed by atoms with Crippen LogP contribution in [0.2, 0.25) is 0 Å². The molecule has 148 valence electrons. The van der Waals surface area contributed by atoms with E-state index in [-0.39, 0.29) is 10.6 Å². The lowest BCUT2D eigenvalue weighted by Crippen LogP contribution is -2.47. The van der Waals surface area contributed by atoms with Crippen LogP contribution in [0.15, 0.2) is 30.6 Å². The second kappa shape index (κ2) is 7.97. The number of nitrogens with zero attached hydrogens (tertiary/aromatic N) is 6. The van der Waals surface area contributed by atoms with E-state index in [2.05, 4.69) is 24.7 Å². The lowest BCUT2D eigenvalue weighted by atomic mass is 10.1. The van der Waals surface area contributed by atoms with Gasteiger partial charge in [0.1, 0.15) is 23.7 Å². The van der Waals surface area contributed by atoms with Gasteiger partial charge in [0.15, 0.2) is 0 Å². The van der Waals surface area contributed by atoms with Crippen LogP contribution in [0.5, 0.6) is 0 Å². The Morgan fingerprint density at radius 1 is 0.929 bits per heavy atom. The Bertz CT molecular complexity index is 847. The quantitative estimate of drug-likeness (QED) is 0.583. The minimum absolute atomic E-state index is 0.171. The molecule has 28 heavy (non-hydrogen) atoms. The molecule has 0 atom stereocenters. The second-order valence-corrected chi connectivity index (χ2v) is 7.06. The highest BCUT2D eigenvalue weighted by atomic mass is 16.6. The van der Waals surface area contributed by atoms with Crippen LogP contribution < -0.4 is 14.7 Å². The highest BCUT2D eigenvalue weighted by molar-refractivity contribution is 5.65. The SMILES string of the molecule is Cc1ccc(N2CCN(c3cc(N4CCOCC4)ncn3)CC2)c([N+](=O)[O-])c1. The van der Waals surface area contributed by atoms with Gasteiger partial charge in [0, 0.05) is 51.4 Å². The molecule has 0 saturated carbocycles. The normalized spacial score (nSPS) is 17.7. The molecule has 0 radical (unpaired) electrons. The Balaban J connectivity index is 1.45. The summed E-state index contributed by atoms with van der Waals surface area (Å²) in [5, 5.41) is 11.4. The molecule has 2 aromatic rings. The van der Waals surface area contributed by atoms with E-state index in [4.69, 9.17) is 4.74 Å². The van der Waals surface area contributed by atoms with Gasteiger partial charge in [-0.2, -0.15) is 0 Å². The predicted molar refractivity (Wildman–Crippen MR) is 107 cm³/mol. The van der Waals surface area contributed by atoms with Crippen molar-refractivity contribution in [1.82, 2.24) is 9.97 Å². The first-order valence-electron chi connectivity index (χ1n) is 9.51. The standard InChI is InChI=1S/C19H24N6O3/c1-15-2-3-16(17(12-15)25(26)27)22-4-6-23(7-5-22)18-13-19(21-14-20-18)24-8-10-28-11-9-24/h2-3,12-14H,4-11H2,1H3. The van der Waals surface area contributed by atoms with Crippen LogP contribution in [0.3, 0.4) is 0 Å². The van der Waals surface area contributed by atoms with E-state index in [9.17, 15) is 10.1 Å². The van der Waals surface area contributed by atoms with Crippen LogP contribution in [0.1, 0.15) is 5.56 Å². The van der Waals surface area contributed by atoms with Gasteiger partial charge in [0.05, 0.1) is 18.1 Å². The van der Waals surface area contributed by atoms with Crippen molar-refractivity contribution in [1.29, 1.82) is 0 Å². The third-order valence-electron chi connectivity index (χ3n) is 5.25. The maximum absolute atomic E-state index is 11.4. The van der Waals surface area contributed by atoms with Crippen LogP contribution in [0.4, 0.5) is 23.0 Å². The van der Waals surface area contributed by atoms with Gasteiger partial charge in [-0.1, -0.05) is 6.07 Å². The van der Waals surface area contributed by atoms with Crippen molar-refractivity contribution in [3.05, 3.63) is 46.3 Å². The molecule has 4 rings (SSSR count). The van der Waals surface area contributed by atoms with Gasteiger partial charge in [-0.15, -0.1) is 0 Å². The lowest BCUT2D eigenvalue weighted by Gasteiger charge is -2.36. The number of aryl methyl sites for hydroxylation is 1. The summed E-state index contributed by atoms with van der Waals surface area (Å²) in [5.74, 6) is 1.82. The molecule has 0 amide bonds. The van der Waals surface area contributed by atoms with E-state index in [0.717, 1.165) is 43.4 Å². The molecule has 0 aliphatic carbocycles. The van der Waals surface area contributed by atoms with Crippen molar-refractivity contribution >= 4 is 23.0 Å². The van der Waals surface area contributed by atoms with Crippen LogP contribution in [-0.2, 0) is 4.74 Å². The molecule has 1 aromatic carbocycles. The number of nitro groups is 1. The van der Waals surface area contributed by atoms with Crippen LogP contribution in [0.25, 0.3) is 0 Å². The number of nitro benzene ring substituents is 1. The molecular formula is C19H24N6O3. The summed E-state index contributed by atoms with van der Waals surface area (Å²) in [7, 11) is 0. The molecule has 0 N–H and O–H groups in total. The Kier molecular flexibility index (Phi) is 5.25. The Morgan fingerprint density at radius 2 is 1.54 bits per heavy atom. The summed E-state index contributed by atoms with van der Waals surface area (Å²) < 4.78 is 5.41. The monoisotopic (exact) mass is 384 g/mol. The highest BCUT2D eigenvalue weighted by Gasteiger charge is 2.25. The fourth-order valence-corrected chi connectivity index (χ4v) is 3.70. The highest BCUT2D eigenvalue weighted by Crippen LogP contribution is 2.30. The van der Waals surface area contributed by atoms with Gasteiger partial charge in [0.25, 0.3) is 5.69 Å². The van der Waals surface area contributed by atoms with Gasteiger partial charge in [-0.05, 0) is 18.6 Å². The molecule has 9 nitrogen and oxygen atoms in total. The van der Waals surface area contributed by atoms with Gasteiger partial charge < -0.3 is 19.4 Å². The first-order valence-corrected chi connectivity index (χ1v) is 9.51. The van der Waals surface area contributed by atoms with Gasteiger partial charge in [-0.3, -0.25) is 10.1 Å². The molecule has 2 aliphatic rings. The van der Waals surface area contributed by atoms with E-state index in [1.807, 2.05) is 25.1 Å². The van der Waals surface area contributed by atoms with E-state index < -0.39 is 0 Å². The summed E-state index contributed by atoms with van der Waals surface area (Å²) >= 11 is 0. The molecule has 0 bridgehead atoms. The van der Waals surface area contributed by atoms with Crippen molar-refractivity contribution in [2.75, 3.05) is 67.2 Å². The number of anilines is 3. The maximum Gasteiger partial charge on any atom is 0.292 e. The van der Waals surface area contributed by atoms with E-state index in [1.54, 1.807) is 12.4 Å². The summed E-state index contributed by atoms with van der Waals surface area (Å²) in [4.78, 5) is 26.5. The molecule has 2 aliphatic heterocycles. The topological polar surface area (TPSA) is 87.9 Å². The third kappa shape index (κ3) is 3.84. The smallest absolute Gasteiger partial charge is 0.292 e. The molecule has 3 heterocycles. The number of morpholine rings is 1. The minimum atomic E-state index is -0.298. The zero-order chi connectivity index (χ0) is 19.5. The van der Waals surface area contributed by atoms with Crippen molar-refractivity contribution in [2.24, 2.45) is 0 Å². The molecular weight excluding hydrogens is 360 g/mol. The average molecular weight is 384 g/mol. The molecule has 0 spiro atoms. The summed E-state index contributed by atoms with van der Waals surface area (Å²) in [6.45, 7) is 7.90. The second-order valence-electron chi connectivity index (χ2n) is 7.06. The Morgan fingerprint density at radius 3 is 2.18 bits per heavy atom. The summed E-state index contributed by atoms with van der Waals surface area (Å²) in [6, 6.07) is 7.44. The van der Waals surface area contributed by atoms with Gasteiger partial charge in [0.2, 0.25) is 0 Å². The molecule has 9 heteroatoms. The number of piperazine rings is 1. The fraction of sp³-hybridized carbons (Fsp3) is 0.474. The van der Waals surface area contributed by atoms with E-state index >= 15 is 0 Å². The minimum Gasteiger partial charge on any atom is -0.378 e. The Labute approximate surface area is 163 Å². The van der Waals surface area contributed by atoms with Gasteiger partial charge >= 0.3 is 0 Å². The van der Waals surface area contributed by atoms with Crippen molar-refractivity contribution in [2.45, 2.75) is 6.92 Å². The predicted octanol–water partition coefficient (Wildman–Crippen LogP) is 1.86. The van der Waals surface area contributed by atoms with Gasteiger partial charge in [-0.25, -0.2) is 9.97 Å². The fourth-order valence-electron chi connectivity index (χ4n) is 3.70. The number of aromatic nitrogens is 2. The zero-order valence-corrected chi connectivity index (χ0v) is 16.0. The zero-order valence-electron chi connectivity index (χ0n) is 16.0. The van der Waals surface area contributed by atoms with E-state index in [1.165, 1.54) is 0 Å². The molecule has 0 unspecified atom stereocenters. The Hall–Kier alpha value is -2.94. The van der Waals surface area contributed by atoms with Crippen molar-refractivity contribution in [3.63, 3.8) is 0 Å². The van der Waals surface area contributed by atoms with Crippen LogP contribution in [-0.4, -0.2) is 67.4 Å². The molecule has 2 saturated heterocycles. The van der Waals surface area contributed by atoms with Crippen LogP contribution in [0, 0.1) is 17.0 Å². The number of hydrogen-bond acceptors (Lipinski definition) is 8. The summed E-state index contributed by atoms with van der Waals surface area (Å²) in [6.07, 6.45) is 1.61. The first kappa shape index (κ1) is 18.4. The number of hydrogen-bond donors (Lipinski definition) is 0. The number of ether oxygens (including phenoxy) is 1. The number of rotatable bonds is 4. The van der Waals surface area contributed by atoms with Crippen LogP contribution >= 0.6 is 0 Å². The van der Waals surface area contributed by atoms with Crippen molar-refractivity contribution < 1.29 is 9.66 Å². The lowest BCUT2D eigenvalue weighted by molar-refractivity contribution is -0.384.